The van der Waals surface area contributed by atoms with Gasteiger partial charge in [0.1, 0.15) is 11.6 Å². The van der Waals surface area contributed by atoms with Gasteiger partial charge in [0.05, 0.1) is 29.4 Å². The van der Waals surface area contributed by atoms with Gasteiger partial charge in [0, 0.05) is 11.5 Å². The smallest absolute Gasteiger partial charge is 0.265 e. The number of para-hydroxylation sites is 1. The molecule has 1 heterocycles. The average molecular weight is 365 g/mol. The minimum atomic E-state index is -0.528. The highest BCUT2D eigenvalue weighted by Crippen LogP contribution is 2.29. The van der Waals surface area contributed by atoms with E-state index in [1.807, 2.05) is 39.0 Å². The molecule has 0 bridgehead atoms. The van der Waals surface area contributed by atoms with Crippen molar-refractivity contribution in [1.82, 2.24) is 9.55 Å². The van der Waals surface area contributed by atoms with Gasteiger partial charge in [0.25, 0.3) is 5.56 Å². The van der Waals surface area contributed by atoms with Crippen molar-refractivity contribution in [2.24, 2.45) is 5.41 Å². The third-order valence-corrected chi connectivity index (χ3v) is 4.32. The summed E-state index contributed by atoms with van der Waals surface area (Å²) in [6.45, 7) is 7.31. The molecule has 3 aromatic rings. The minimum Gasteiger partial charge on any atom is -0.494 e. The maximum absolute atomic E-state index is 13.0. The largest absolute Gasteiger partial charge is 0.494 e. The second-order valence-electron chi connectivity index (χ2n) is 7.41. The summed E-state index contributed by atoms with van der Waals surface area (Å²) in [5.74, 6) is 0.936. The van der Waals surface area contributed by atoms with Crippen molar-refractivity contribution in [2.75, 3.05) is 12.4 Å². The van der Waals surface area contributed by atoms with Gasteiger partial charge in [-0.05, 0) is 31.2 Å². The lowest BCUT2D eigenvalue weighted by atomic mass is 9.95. The Hall–Kier alpha value is -3.15. The maximum Gasteiger partial charge on any atom is 0.265 e. The Labute approximate surface area is 157 Å². The van der Waals surface area contributed by atoms with E-state index in [1.54, 1.807) is 35.8 Å². The summed E-state index contributed by atoms with van der Waals surface area (Å²) in [7, 11) is 1.53. The lowest BCUT2D eigenvalue weighted by molar-refractivity contribution is -0.123. The van der Waals surface area contributed by atoms with Crippen LogP contribution in [0.15, 0.2) is 47.3 Å². The SMILES string of the molecule is COc1cc(-n2c(C)nc3ccccc3c2=O)ccc1NC(=O)C(C)(C)C. The van der Waals surface area contributed by atoms with E-state index in [2.05, 4.69) is 10.3 Å². The van der Waals surface area contributed by atoms with E-state index in [0.717, 1.165) is 0 Å². The molecule has 0 aliphatic rings. The average Bonchev–Trinajstić information content (AvgIpc) is 2.62. The van der Waals surface area contributed by atoms with Gasteiger partial charge in [0.2, 0.25) is 5.91 Å². The lowest BCUT2D eigenvalue weighted by Gasteiger charge is -2.20. The number of amides is 1. The zero-order chi connectivity index (χ0) is 19.8. The number of aromatic nitrogens is 2. The molecule has 140 valence electrons. The second-order valence-corrected chi connectivity index (χ2v) is 7.41. The highest BCUT2D eigenvalue weighted by Gasteiger charge is 2.22. The molecule has 6 heteroatoms. The van der Waals surface area contributed by atoms with Crippen LogP contribution in [-0.4, -0.2) is 22.6 Å². The molecule has 0 fully saturated rings. The number of rotatable bonds is 3. The van der Waals surface area contributed by atoms with Crippen molar-refractivity contribution in [3.63, 3.8) is 0 Å². The number of ether oxygens (including phenoxy) is 1. The molecule has 2 aromatic carbocycles. The maximum atomic E-state index is 13.0. The Bertz CT molecular complexity index is 1080. The van der Waals surface area contributed by atoms with E-state index in [-0.39, 0.29) is 11.5 Å². The van der Waals surface area contributed by atoms with Crippen LogP contribution >= 0.6 is 0 Å². The van der Waals surface area contributed by atoms with Gasteiger partial charge in [-0.1, -0.05) is 32.9 Å². The van der Waals surface area contributed by atoms with E-state index >= 15 is 0 Å². The van der Waals surface area contributed by atoms with E-state index in [9.17, 15) is 9.59 Å². The molecule has 0 unspecified atom stereocenters. The Balaban J connectivity index is 2.10. The number of benzene rings is 2. The van der Waals surface area contributed by atoms with Gasteiger partial charge < -0.3 is 10.1 Å². The Kier molecular flexibility index (Phi) is 4.74. The molecule has 1 aromatic heterocycles. The summed E-state index contributed by atoms with van der Waals surface area (Å²) in [6, 6.07) is 12.5. The van der Waals surface area contributed by atoms with Gasteiger partial charge in [0.15, 0.2) is 0 Å². The van der Waals surface area contributed by atoms with Gasteiger partial charge in [-0.3, -0.25) is 14.2 Å². The number of nitrogens with one attached hydrogen (secondary N) is 1. The number of aryl methyl sites for hydroxylation is 1. The monoisotopic (exact) mass is 365 g/mol. The summed E-state index contributed by atoms with van der Waals surface area (Å²) in [5, 5.41) is 3.42. The van der Waals surface area contributed by atoms with Crippen LogP contribution in [-0.2, 0) is 4.79 Å². The summed E-state index contributed by atoms with van der Waals surface area (Å²) < 4.78 is 6.98. The quantitative estimate of drug-likeness (QED) is 0.768. The van der Waals surface area contributed by atoms with Crippen molar-refractivity contribution in [3.8, 4) is 11.4 Å². The molecule has 3 rings (SSSR count). The molecule has 6 nitrogen and oxygen atoms in total. The van der Waals surface area contributed by atoms with Crippen LogP contribution in [0.2, 0.25) is 0 Å². The molecule has 0 saturated carbocycles. The molecule has 0 saturated heterocycles. The van der Waals surface area contributed by atoms with Crippen molar-refractivity contribution < 1.29 is 9.53 Å². The fourth-order valence-corrected chi connectivity index (χ4v) is 2.78. The van der Waals surface area contributed by atoms with Crippen LogP contribution in [0.5, 0.6) is 5.75 Å². The van der Waals surface area contributed by atoms with Gasteiger partial charge in [-0.25, -0.2) is 4.98 Å². The zero-order valence-corrected chi connectivity index (χ0v) is 16.2. The summed E-state index contributed by atoms with van der Waals surface area (Å²) in [5.41, 5.74) is 1.17. The van der Waals surface area contributed by atoms with Crippen molar-refractivity contribution in [3.05, 3.63) is 58.6 Å². The molecular weight excluding hydrogens is 342 g/mol. The first-order valence-electron chi connectivity index (χ1n) is 8.70. The van der Waals surface area contributed by atoms with E-state index in [1.165, 1.54) is 7.11 Å². The standard InChI is InChI=1S/C21H23N3O3/c1-13-22-16-9-7-6-8-15(16)19(25)24(13)14-10-11-17(18(12-14)27-5)23-20(26)21(2,3)4/h6-12H,1-5H3,(H,23,26). The number of hydrogen-bond acceptors (Lipinski definition) is 4. The van der Waals surface area contributed by atoms with Crippen molar-refractivity contribution in [1.29, 1.82) is 0 Å². The molecule has 0 aliphatic heterocycles. The van der Waals surface area contributed by atoms with Crippen molar-refractivity contribution >= 4 is 22.5 Å². The highest BCUT2D eigenvalue weighted by atomic mass is 16.5. The summed E-state index contributed by atoms with van der Waals surface area (Å²) >= 11 is 0. The molecule has 0 aliphatic carbocycles. The van der Waals surface area contributed by atoms with Gasteiger partial charge >= 0.3 is 0 Å². The number of hydrogen-bond donors (Lipinski definition) is 1. The fourth-order valence-electron chi connectivity index (χ4n) is 2.78. The fraction of sp³-hybridized carbons (Fsp3) is 0.286. The number of carbonyl (C=O) groups excluding carboxylic acids is 1. The minimum absolute atomic E-state index is 0.116. The molecule has 1 amide bonds. The summed E-state index contributed by atoms with van der Waals surface area (Å²) in [6.07, 6.45) is 0. The number of carbonyl (C=O) groups is 1. The third kappa shape index (κ3) is 3.56. The molecule has 0 radical (unpaired) electrons. The Morgan fingerprint density at radius 3 is 2.52 bits per heavy atom. The van der Waals surface area contributed by atoms with Crippen LogP contribution in [0.4, 0.5) is 5.69 Å². The zero-order valence-electron chi connectivity index (χ0n) is 16.2. The topological polar surface area (TPSA) is 73.2 Å². The first-order valence-corrected chi connectivity index (χ1v) is 8.70. The molecule has 1 N–H and O–H groups in total. The van der Waals surface area contributed by atoms with Crippen LogP contribution in [0.1, 0.15) is 26.6 Å². The number of methoxy groups -OCH3 is 1. The second kappa shape index (κ2) is 6.87. The van der Waals surface area contributed by atoms with E-state index < -0.39 is 5.41 Å². The van der Waals surface area contributed by atoms with E-state index in [4.69, 9.17) is 4.74 Å². The predicted octanol–water partition coefficient (Wildman–Crippen LogP) is 3.69. The van der Waals surface area contributed by atoms with Crippen LogP contribution in [0.3, 0.4) is 0 Å². The molecule has 0 spiro atoms. The summed E-state index contributed by atoms with van der Waals surface area (Å²) in [4.78, 5) is 29.8. The van der Waals surface area contributed by atoms with Gasteiger partial charge in [-0.2, -0.15) is 0 Å². The first kappa shape index (κ1) is 18.6. The predicted molar refractivity (Wildman–Crippen MR) is 107 cm³/mol. The van der Waals surface area contributed by atoms with Crippen LogP contribution in [0, 0.1) is 12.3 Å². The van der Waals surface area contributed by atoms with Gasteiger partial charge in [-0.15, -0.1) is 0 Å². The van der Waals surface area contributed by atoms with Crippen LogP contribution in [0.25, 0.3) is 16.6 Å². The first-order chi connectivity index (χ1) is 12.7. The molecule has 0 atom stereocenters. The Morgan fingerprint density at radius 1 is 1.15 bits per heavy atom. The normalized spacial score (nSPS) is 11.4. The third-order valence-electron chi connectivity index (χ3n) is 4.32. The number of fused-ring (bicyclic) bond motifs is 1. The molecule has 27 heavy (non-hydrogen) atoms. The number of nitrogens with zero attached hydrogens (tertiary/aromatic N) is 2. The van der Waals surface area contributed by atoms with E-state index in [0.29, 0.717) is 33.9 Å². The lowest BCUT2D eigenvalue weighted by Crippen LogP contribution is -2.28. The number of anilines is 1. The molecular formula is C21H23N3O3. The Morgan fingerprint density at radius 2 is 1.85 bits per heavy atom. The van der Waals surface area contributed by atoms with Crippen LogP contribution < -0.4 is 15.6 Å². The van der Waals surface area contributed by atoms with Crippen molar-refractivity contribution in [2.45, 2.75) is 27.7 Å². The highest BCUT2D eigenvalue weighted by molar-refractivity contribution is 5.96.